The van der Waals surface area contributed by atoms with Gasteiger partial charge in [-0.05, 0) is 6.92 Å². The number of methoxy groups -OCH3 is 1. The number of nitrogens with one attached hydrogen (secondary N) is 1. The van der Waals surface area contributed by atoms with Crippen molar-refractivity contribution in [1.29, 1.82) is 0 Å². The van der Waals surface area contributed by atoms with Gasteiger partial charge in [-0.1, -0.05) is 0 Å². The fourth-order valence-electron chi connectivity index (χ4n) is 1.14. The molecule has 0 saturated carbocycles. The first-order valence-electron chi connectivity index (χ1n) is 5.16. The van der Waals surface area contributed by atoms with Crippen molar-refractivity contribution in [3.63, 3.8) is 0 Å². The molecule has 0 aliphatic carbocycles. The van der Waals surface area contributed by atoms with Gasteiger partial charge in [-0.15, -0.1) is 0 Å². The van der Waals surface area contributed by atoms with Crippen molar-refractivity contribution in [1.82, 2.24) is 9.97 Å². The van der Waals surface area contributed by atoms with Crippen LogP contribution in [0.1, 0.15) is 12.7 Å². The summed E-state index contributed by atoms with van der Waals surface area (Å²) in [6.07, 6.45) is 0. The first-order valence-corrected chi connectivity index (χ1v) is 5.16. The monoisotopic (exact) mass is 242 g/mol. The maximum atomic E-state index is 9.61. The fourth-order valence-corrected chi connectivity index (χ4v) is 1.14. The molecule has 1 aromatic heterocycles. The third kappa shape index (κ3) is 4.51. The highest BCUT2D eigenvalue weighted by Gasteiger charge is 2.18. The van der Waals surface area contributed by atoms with Gasteiger partial charge in [0.15, 0.2) is 5.82 Å². The van der Waals surface area contributed by atoms with Crippen molar-refractivity contribution in [2.75, 3.05) is 31.3 Å². The van der Waals surface area contributed by atoms with Crippen LogP contribution in [0.3, 0.4) is 0 Å². The molecule has 0 amide bonds. The second-order valence-electron chi connectivity index (χ2n) is 4.04. The van der Waals surface area contributed by atoms with Gasteiger partial charge in [-0.3, -0.25) is 0 Å². The maximum absolute atomic E-state index is 9.61. The lowest BCUT2D eigenvalue weighted by Crippen LogP contribution is -2.37. The van der Waals surface area contributed by atoms with Crippen molar-refractivity contribution in [3.8, 4) is 0 Å². The molecule has 0 aliphatic heterocycles. The predicted octanol–water partition coefficient (Wildman–Crippen LogP) is -0.640. The highest BCUT2D eigenvalue weighted by atomic mass is 16.5. The summed E-state index contributed by atoms with van der Waals surface area (Å²) >= 11 is 0. The molecule has 7 nitrogen and oxygen atoms in total. The Morgan fingerprint density at radius 3 is 2.82 bits per heavy atom. The predicted molar refractivity (Wildman–Crippen MR) is 63.4 cm³/mol. The molecular formula is C10H18N4O3. The number of nitrogens with two attached hydrogens (primary N) is 1. The Balaban J connectivity index is 2.70. The van der Waals surface area contributed by atoms with Crippen molar-refractivity contribution < 1.29 is 14.9 Å². The highest BCUT2D eigenvalue weighted by Crippen LogP contribution is 2.11. The Morgan fingerprint density at radius 1 is 1.53 bits per heavy atom. The Hall–Kier alpha value is -1.44. The average molecular weight is 242 g/mol. The third-order valence-electron chi connectivity index (χ3n) is 2.06. The molecule has 17 heavy (non-hydrogen) atoms. The fraction of sp³-hybridized carbons (Fsp3) is 0.600. The molecule has 96 valence electrons. The number of rotatable bonds is 6. The first kappa shape index (κ1) is 13.6. The number of nitrogen functional groups attached to an aromatic ring is 1. The minimum absolute atomic E-state index is 0.159. The molecule has 1 heterocycles. The second kappa shape index (κ2) is 5.76. The van der Waals surface area contributed by atoms with Gasteiger partial charge in [0.1, 0.15) is 23.8 Å². The minimum Gasteiger partial charge on any atom is -0.393 e. The summed E-state index contributed by atoms with van der Waals surface area (Å²) in [5.74, 6) is 1.26. The van der Waals surface area contributed by atoms with Gasteiger partial charge in [0.25, 0.3) is 0 Å². The van der Waals surface area contributed by atoms with E-state index in [4.69, 9.17) is 15.6 Å². The van der Waals surface area contributed by atoms with Gasteiger partial charge in [0.2, 0.25) is 0 Å². The van der Waals surface area contributed by atoms with E-state index < -0.39 is 5.60 Å². The van der Waals surface area contributed by atoms with Gasteiger partial charge < -0.3 is 26.0 Å². The van der Waals surface area contributed by atoms with E-state index in [9.17, 15) is 5.11 Å². The number of nitrogens with zero attached hydrogens (tertiary/aromatic N) is 2. The lowest BCUT2D eigenvalue weighted by Gasteiger charge is -2.21. The standard InChI is InChI=1S/C10H18N4O3/c1-10(16,6-15)5-12-8-3-7(11)13-9(14-8)4-17-2/h3,15-16H,4-6H2,1-2H3,(H3,11,12,13,14). The lowest BCUT2D eigenvalue weighted by molar-refractivity contribution is 0.0131. The quantitative estimate of drug-likeness (QED) is 0.524. The SMILES string of the molecule is COCc1nc(N)cc(NCC(C)(O)CO)n1. The van der Waals surface area contributed by atoms with Gasteiger partial charge in [-0.25, -0.2) is 9.97 Å². The molecule has 1 rings (SSSR count). The van der Waals surface area contributed by atoms with Crippen LogP contribution in [-0.2, 0) is 11.3 Å². The van der Waals surface area contributed by atoms with E-state index in [1.165, 1.54) is 14.0 Å². The Labute approximate surface area is 99.7 Å². The summed E-state index contributed by atoms with van der Waals surface area (Å²) in [7, 11) is 1.54. The van der Waals surface area contributed by atoms with Crippen LogP contribution in [0.5, 0.6) is 0 Å². The maximum Gasteiger partial charge on any atom is 0.158 e. The Morgan fingerprint density at radius 2 is 2.24 bits per heavy atom. The van der Waals surface area contributed by atoms with Crippen LogP contribution in [0, 0.1) is 0 Å². The molecule has 1 aromatic rings. The molecule has 1 atom stereocenters. The van der Waals surface area contributed by atoms with Crippen LogP contribution in [0.2, 0.25) is 0 Å². The second-order valence-corrected chi connectivity index (χ2v) is 4.04. The molecule has 5 N–H and O–H groups in total. The van der Waals surface area contributed by atoms with E-state index in [0.29, 0.717) is 17.5 Å². The van der Waals surface area contributed by atoms with E-state index in [1.807, 2.05) is 0 Å². The van der Waals surface area contributed by atoms with Gasteiger partial charge in [0.05, 0.1) is 6.61 Å². The van der Waals surface area contributed by atoms with Crippen LogP contribution < -0.4 is 11.1 Å². The van der Waals surface area contributed by atoms with E-state index in [-0.39, 0.29) is 19.8 Å². The van der Waals surface area contributed by atoms with Crippen LogP contribution in [0.25, 0.3) is 0 Å². The van der Waals surface area contributed by atoms with Gasteiger partial charge in [0, 0.05) is 19.7 Å². The van der Waals surface area contributed by atoms with Crippen LogP contribution in [-0.4, -0.2) is 46.0 Å². The molecule has 0 bridgehead atoms. The molecule has 0 fully saturated rings. The number of hydrogen-bond donors (Lipinski definition) is 4. The number of aliphatic hydroxyl groups excluding tert-OH is 1. The van der Waals surface area contributed by atoms with E-state index >= 15 is 0 Å². The molecule has 0 saturated heterocycles. The molecule has 0 aliphatic rings. The molecule has 7 heteroatoms. The highest BCUT2D eigenvalue weighted by molar-refractivity contribution is 5.44. The molecule has 1 unspecified atom stereocenters. The summed E-state index contributed by atoms with van der Waals surface area (Å²) in [6, 6.07) is 1.55. The van der Waals surface area contributed by atoms with Gasteiger partial charge >= 0.3 is 0 Å². The van der Waals surface area contributed by atoms with Crippen LogP contribution in [0.15, 0.2) is 6.07 Å². The topological polar surface area (TPSA) is 114 Å². The summed E-state index contributed by atoms with van der Waals surface area (Å²) in [4.78, 5) is 8.12. The third-order valence-corrected chi connectivity index (χ3v) is 2.06. The first-order chi connectivity index (χ1) is 7.96. The molecule has 0 spiro atoms. The normalized spacial score (nSPS) is 14.4. The largest absolute Gasteiger partial charge is 0.393 e. The average Bonchev–Trinajstić information content (AvgIpc) is 2.26. The summed E-state index contributed by atoms with van der Waals surface area (Å²) in [5.41, 5.74) is 4.40. The number of hydrogen-bond acceptors (Lipinski definition) is 7. The molecule has 0 radical (unpaired) electrons. The van der Waals surface area contributed by atoms with Crippen LogP contribution >= 0.6 is 0 Å². The summed E-state index contributed by atoms with van der Waals surface area (Å²) in [5, 5.41) is 21.4. The van der Waals surface area contributed by atoms with Crippen molar-refractivity contribution in [2.24, 2.45) is 0 Å². The number of anilines is 2. The number of aromatic nitrogens is 2. The zero-order valence-electron chi connectivity index (χ0n) is 9.97. The Kier molecular flexibility index (Phi) is 4.62. The number of ether oxygens (including phenoxy) is 1. The van der Waals surface area contributed by atoms with Crippen molar-refractivity contribution >= 4 is 11.6 Å². The summed E-state index contributed by atoms with van der Waals surface area (Å²) in [6.45, 7) is 1.59. The van der Waals surface area contributed by atoms with Gasteiger partial charge in [-0.2, -0.15) is 0 Å². The van der Waals surface area contributed by atoms with E-state index in [1.54, 1.807) is 6.07 Å². The van der Waals surface area contributed by atoms with Crippen molar-refractivity contribution in [3.05, 3.63) is 11.9 Å². The smallest absolute Gasteiger partial charge is 0.158 e. The van der Waals surface area contributed by atoms with E-state index in [2.05, 4.69) is 15.3 Å². The Bertz CT molecular complexity index is 371. The van der Waals surface area contributed by atoms with Crippen LogP contribution in [0.4, 0.5) is 11.6 Å². The molecular weight excluding hydrogens is 224 g/mol. The van der Waals surface area contributed by atoms with E-state index in [0.717, 1.165) is 0 Å². The number of aliphatic hydroxyl groups is 2. The lowest BCUT2D eigenvalue weighted by atomic mass is 10.1. The zero-order chi connectivity index (χ0) is 12.9. The zero-order valence-corrected chi connectivity index (χ0v) is 9.97. The molecule has 0 aromatic carbocycles. The summed E-state index contributed by atoms with van der Waals surface area (Å²) < 4.78 is 4.91. The minimum atomic E-state index is -1.21. The van der Waals surface area contributed by atoms with Crippen molar-refractivity contribution in [2.45, 2.75) is 19.1 Å².